The molecule has 1 heterocycles. The summed E-state index contributed by atoms with van der Waals surface area (Å²) in [4.78, 5) is 0. The zero-order valence-corrected chi connectivity index (χ0v) is 15.4. The van der Waals surface area contributed by atoms with Gasteiger partial charge in [-0.25, -0.2) is 9.13 Å². The predicted octanol–water partition coefficient (Wildman–Crippen LogP) is -0.818. The second kappa shape index (κ2) is 8.28. The second-order valence-corrected chi connectivity index (χ2v) is 5.43. The Kier molecular flexibility index (Phi) is 6.36. The van der Waals surface area contributed by atoms with Gasteiger partial charge in [-0.3, -0.25) is 5.73 Å². The molecule has 6 heteroatoms. The van der Waals surface area contributed by atoms with E-state index in [1.54, 1.807) is 14.2 Å². The zero-order chi connectivity index (χ0) is 16.2. The molecule has 3 rings (SSSR count). The van der Waals surface area contributed by atoms with Crippen molar-refractivity contribution in [1.82, 2.24) is 4.57 Å². The quantitative estimate of drug-likeness (QED) is 0.441. The SMILES string of the molecule is COC(Cn1c(N)[n+](Cc2ccccc2)c2ccccc21)OC.[Br-]. The van der Waals surface area contributed by atoms with Crippen LogP contribution in [0.4, 0.5) is 5.95 Å². The maximum Gasteiger partial charge on any atom is 0.356 e. The van der Waals surface area contributed by atoms with Crippen molar-refractivity contribution in [1.29, 1.82) is 0 Å². The molecule has 128 valence electrons. The van der Waals surface area contributed by atoms with E-state index in [0.717, 1.165) is 17.6 Å². The van der Waals surface area contributed by atoms with E-state index >= 15 is 0 Å². The Morgan fingerprint density at radius 2 is 1.62 bits per heavy atom. The molecule has 0 radical (unpaired) electrons. The molecule has 0 aliphatic heterocycles. The number of nitrogens with two attached hydrogens (primary N) is 1. The molecule has 1 aromatic heterocycles. The van der Waals surface area contributed by atoms with Crippen LogP contribution < -0.4 is 27.3 Å². The van der Waals surface area contributed by atoms with Crippen LogP contribution >= 0.6 is 0 Å². The van der Waals surface area contributed by atoms with Gasteiger partial charge in [0.15, 0.2) is 6.29 Å². The van der Waals surface area contributed by atoms with E-state index in [2.05, 4.69) is 28.8 Å². The van der Waals surface area contributed by atoms with E-state index in [4.69, 9.17) is 15.2 Å². The lowest BCUT2D eigenvalue weighted by Gasteiger charge is -2.12. The summed E-state index contributed by atoms with van der Waals surface area (Å²) in [7, 11) is 3.27. The molecule has 0 unspecified atom stereocenters. The van der Waals surface area contributed by atoms with Crippen LogP contribution in [0, 0.1) is 0 Å². The fourth-order valence-electron chi connectivity index (χ4n) is 2.83. The molecule has 0 amide bonds. The number of nitrogen functional groups attached to an aromatic ring is 1. The number of aromatic nitrogens is 2. The largest absolute Gasteiger partial charge is 1.00 e. The van der Waals surface area contributed by atoms with E-state index in [-0.39, 0.29) is 23.3 Å². The summed E-state index contributed by atoms with van der Waals surface area (Å²) in [6.07, 6.45) is -0.335. The van der Waals surface area contributed by atoms with Crippen LogP contribution in [-0.4, -0.2) is 25.1 Å². The highest BCUT2D eigenvalue weighted by Crippen LogP contribution is 2.18. The molecular formula is C18H22BrN3O2. The van der Waals surface area contributed by atoms with Gasteiger partial charge < -0.3 is 26.5 Å². The number of halogens is 1. The van der Waals surface area contributed by atoms with E-state index in [9.17, 15) is 0 Å². The van der Waals surface area contributed by atoms with Crippen molar-refractivity contribution in [3.63, 3.8) is 0 Å². The normalized spacial score (nSPS) is 11.0. The molecule has 0 spiro atoms. The maximum atomic E-state index is 6.44. The minimum atomic E-state index is -0.335. The highest BCUT2D eigenvalue weighted by molar-refractivity contribution is 5.73. The Balaban J connectivity index is 0.00000208. The average molecular weight is 392 g/mol. The van der Waals surface area contributed by atoms with Gasteiger partial charge in [-0.15, -0.1) is 0 Å². The van der Waals surface area contributed by atoms with Crippen molar-refractivity contribution in [2.75, 3.05) is 20.0 Å². The summed E-state index contributed by atoms with van der Waals surface area (Å²) in [6, 6.07) is 18.5. The molecule has 24 heavy (non-hydrogen) atoms. The lowest BCUT2D eigenvalue weighted by Crippen LogP contribution is -3.00. The number of methoxy groups -OCH3 is 2. The molecule has 0 aliphatic carbocycles. The summed E-state index contributed by atoms with van der Waals surface area (Å²) >= 11 is 0. The first kappa shape index (κ1) is 18.4. The Bertz CT molecular complexity index is 786. The summed E-state index contributed by atoms with van der Waals surface area (Å²) < 4.78 is 14.8. The number of ether oxygens (including phenoxy) is 2. The molecule has 0 saturated carbocycles. The smallest absolute Gasteiger partial charge is 0.356 e. The molecule has 2 aromatic carbocycles. The Morgan fingerprint density at radius 1 is 1.00 bits per heavy atom. The van der Waals surface area contributed by atoms with Gasteiger partial charge in [-0.1, -0.05) is 42.5 Å². The third-order valence-electron chi connectivity index (χ3n) is 4.06. The molecular weight excluding hydrogens is 370 g/mol. The molecule has 3 aromatic rings. The van der Waals surface area contributed by atoms with Crippen LogP contribution in [0.2, 0.25) is 0 Å². The summed E-state index contributed by atoms with van der Waals surface area (Å²) in [5, 5.41) is 0. The van der Waals surface area contributed by atoms with Gasteiger partial charge in [0.2, 0.25) is 0 Å². The van der Waals surface area contributed by atoms with Gasteiger partial charge in [0.05, 0.1) is 6.54 Å². The number of fused-ring (bicyclic) bond motifs is 1. The first-order valence-corrected chi connectivity index (χ1v) is 7.60. The minimum Gasteiger partial charge on any atom is -1.00 e. The average Bonchev–Trinajstić information content (AvgIpc) is 2.86. The van der Waals surface area contributed by atoms with Crippen LogP contribution in [0.3, 0.4) is 0 Å². The van der Waals surface area contributed by atoms with Crippen molar-refractivity contribution >= 4 is 17.0 Å². The third-order valence-corrected chi connectivity index (χ3v) is 4.06. The molecule has 0 bridgehead atoms. The summed E-state index contributed by atoms with van der Waals surface area (Å²) in [6.45, 7) is 1.27. The molecule has 5 nitrogen and oxygen atoms in total. The van der Waals surface area contributed by atoms with Gasteiger partial charge in [0, 0.05) is 14.2 Å². The van der Waals surface area contributed by atoms with Crippen LogP contribution in [0.15, 0.2) is 54.6 Å². The van der Waals surface area contributed by atoms with Crippen molar-refractivity contribution in [2.45, 2.75) is 19.4 Å². The number of hydrogen-bond acceptors (Lipinski definition) is 3. The van der Waals surface area contributed by atoms with E-state index in [1.165, 1.54) is 5.56 Å². The highest BCUT2D eigenvalue weighted by atomic mass is 79.9. The summed E-state index contributed by atoms with van der Waals surface area (Å²) in [5.74, 6) is 0.689. The van der Waals surface area contributed by atoms with E-state index in [0.29, 0.717) is 12.5 Å². The predicted molar refractivity (Wildman–Crippen MR) is 89.9 cm³/mol. The number of para-hydroxylation sites is 2. The monoisotopic (exact) mass is 391 g/mol. The van der Waals surface area contributed by atoms with Crippen molar-refractivity contribution in [3.05, 3.63) is 60.2 Å². The van der Waals surface area contributed by atoms with Gasteiger partial charge >= 0.3 is 5.95 Å². The summed E-state index contributed by atoms with van der Waals surface area (Å²) in [5.41, 5.74) is 9.81. The van der Waals surface area contributed by atoms with Crippen LogP contribution in [0.1, 0.15) is 5.56 Å². The van der Waals surface area contributed by atoms with Crippen LogP contribution in [-0.2, 0) is 22.6 Å². The van der Waals surface area contributed by atoms with Gasteiger partial charge in [-0.05, 0) is 17.7 Å². The number of hydrogen-bond donors (Lipinski definition) is 1. The van der Waals surface area contributed by atoms with Crippen LogP contribution in [0.5, 0.6) is 0 Å². The van der Waals surface area contributed by atoms with Crippen LogP contribution in [0.25, 0.3) is 11.0 Å². The molecule has 0 atom stereocenters. The number of rotatable bonds is 6. The Hall–Kier alpha value is -1.89. The van der Waals surface area contributed by atoms with Crippen molar-refractivity contribution in [3.8, 4) is 0 Å². The topological polar surface area (TPSA) is 53.3 Å². The molecule has 2 N–H and O–H groups in total. The van der Waals surface area contributed by atoms with Gasteiger partial charge in [0.25, 0.3) is 0 Å². The number of nitrogens with zero attached hydrogens (tertiary/aromatic N) is 2. The Labute approximate surface area is 152 Å². The second-order valence-electron chi connectivity index (χ2n) is 5.43. The fraction of sp³-hybridized carbons (Fsp3) is 0.278. The fourth-order valence-corrected chi connectivity index (χ4v) is 2.83. The van der Waals surface area contributed by atoms with Crippen molar-refractivity contribution in [2.24, 2.45) is 0 Å². The third kappa shape index (κ3) is 3.61. The number of benzene rings is 2. The number of anilines is 1. The molecule has 0 fully saturated rings. The van der Waals surface area contributed by atoms with Crippen molar-refractivity contribution < 1.29 is 31.0 Å². The van der Waals surface area contributed by atoms with E-state index < -0.39 is 0 Å². The Morgan fingerprint density at radius 3 is 2.29 bits per heavy atom. The van der Waals surface area contributed by atoms with Gasteiger partial charge in [-0.2, -0.15) is 0 Å². The first-order valence-electron chi connectivity index (χ1n) is 7.60. The number of imidazole rings is 1. The zero-order valence-electron chi connectivity index (χ0n) is 13.9. The maximum absolute atomic E-state index is 6.44. The standard InChI is InChI=1S/C18H21N3O2.BrH/c1-22-17(23-2)13-21-16-11-7-6-10-15(16)20(18(21)19)12-14-8-4-3-5-9-14;/h3-11,17,19H,12-13H2,1-2H3;1H. The lowest BCUT2D eigenvalue weighted by molar-refractivity contribution is -0.648. The first-order chi connectivity index (χ1) is 11.2. The molecule has 0 saturated heterocycles. The minimum absolute atomic E-state index is 0. The lowest BCUT2D eigenvalue weighted by atomic mass is 10.2. The van der Waals surface area contributed by atoms with E-state index in [1.807, 2.05) is 34.9 Å². The molecule has 0 aliphatic rings. The highest BCUT2D eigenvalue weighted by Gasteiger charge is 2.23. The van der Waals surface area contributed by atoms with Gasteiger partial charge in [0.1, 0.15) is 17.6 Å².